The minimum absolute atomic E-state index is 0. The van der Waals surface area contributed by atoms with E-state index in [1.807, 2.05) is 13.1 Å². The lowest BCUT2D eigenvalue weighted by atomic mass is 9.90. The first-order chi connectivity index (χ1) is 13.3. The molecule has 2 heterocycles. The largest absolute Gasteiger partial charge is 0.491 e. The number of halogens is 4. The molecule has 2 atom stereocenters. The number of benzene rings is 1. The van der Waals surface area contributed by atoms with Crippen LogP contribution in [0.3, 0.4) is 0 Å². The molecule has 160 valence electrons. The Labute approximate surface area is 173 Å². The molecular formula is C19H24ClF3N4O2. The number of nitrogens with one attached hydrogen (secondary N) is 2. The Morgan fingerprint density at radius 3 is 2.76 bits per heavy atom. The maximum atomic E-state index is 13.1. The summed E-state index contributed by atoms with van der Waals surface area (Å²) in [6.07, 6.45) is -0.254. The first-order valence-electron chi connectivity index (χ1n) is 9.13. The Morgan fingerprint density at radius 1 is 1.38 bits per heavy atom. The van der Waals surface area contributed by atoms with Crippen LogP contribution in [-0.2, 0) is 18.0 Å². The highest BCUT2D eigenvalue weighted by atomic mass is 35.5. The van der Waals surface area contributed by atoms with Gasteiger partial charge in [-0.25, -0.2) is 0 Å². The SMILES string of the molecule is CCCOc1ccc(C(F)(F)F)cc1NC(=O)[C@H]1CNC[C@@H]1c1cnn(C)c1.Cl. The molecule has 1 aromatic carbocycles. The zero-order valence-corrected chi connectivity index (χ0v) is 16.9. The first-order valence-corrected chi connectivity index (χ1v) is 9.13. The first kappa shape index (κ1) is 23.0. The van der Waals surface area contributed by atoms with Crippen molar-refractivity contribution in [1.82, 2.24) is 15.1 Å². The second kappa shape index (κ2) is 9.49. The van der Waals surface area contributed by atoms with Crippen molar-refractivity contribution in [3.8, 4) is 5.75 Å². The zero-order chi connectivity index (χ0) is 20.3. The average Bonchev–Trinajstić information content (AvgIpc) is 3.28. The van der Waals surface area contributed by atoms with E-state index in [0.29, 0.717) is 26.1 Å². The third kappa shape index (κ3) is 5.42. The van der Waals surface area contributed by atoms with Crippen LogP contribution in [-0.4, -0.2) is 35.4 Å². The molecule has 6 nitrogen and oxygen atoms in total. The third-order valence-corrected chi connectivity index (χ3v) is 4.73. The molecule has 0 spiro atoms. The third-order valence-electron chi connectivity index (χ3n) is 4.73. The molecular weight excluding hydrogens is 409 g/mol. The lowest BCUT2D eigenvalue weighted by Crippen LogP contribution is -2.28. The molecule has 29 heavy (non-hydrogen) atoms. The molecule has 1 aliphatic heterocycles. The van der Waals surface area contributed by atoms with Gasteiger partial charge in [0, 0.05) is 32.3 Å². The number of alkyl halides is 3. The number of amides is 1. The molecule has 1 fully saturated rings. The standard InChI is InChI=1S/C19H23F3N4O2.ClH/c1-3-6-28-17-5-4-13(19(20,21)22)7-16(17)25-18(27)15-10-23-9-14(15)12-8-24-26(2)11-12;/h4-5,7-8,11,14-15,23H,3,6,9-10H2,1-2H3,(H,25,27);1H/t14-,15+;/m1./s1. The summed E-state index contributed by atoms with van der Waals surface area (Å²) in [6.45, 7) is 3.28. The van der Waals surface area contributed by atoms with Crippen LogP contribution in [0.4, 0.5) is 18.9 Å². The maximum Gasteiger partial charge on any atom is 0.416 e. The molecule has 1 amide bonds. The molecule has 1 aliphatic rings. The second-order valence-corrected chi connectivity index (χ2v) is 6.86. The average molecular weight is 433 g/mol. The summed E-state index contributed by atoms with van der Waals surface area (Å²) in [5.41, 5.74) is 0.115. The van der Waals surface area contributed by atoms with Crippen LogP contribution in [0, 0.1) is 5.92 Å². The van der Waals surface area contributed by atoms with E-state index in [-0.39, 0.29) is 35.7 Å². The molecule has 2 aromatic rings. The van der Waals surface area contributed by atoms with Crippen molar-refractivity contribution in [2.75, 3.05) is 25.0 Å². The second-order valence-electron chi connectivity index (χ2n) is 6.86. The molecule has 0 radical (unpaired) electrons. The van der Waals surface area contributed by atoms with E-state index in [9.17, 15) is 18.0 Å². The Hall–Kier alpha value is -2.26. The maximum absolute atomic E-state index is 13.1. The van der Waals surface area contributed by atoms with Crippen molar-refractivity contribution in [2.24, 2.45) is 13.0 Å². The van der Waals surface area contributed by atoms with Crippen molar-refractivity contribution in [3.05, 3.63) is 41.7 Å². The van der Waals surface area contributed by atoms with Gasteiger partial charge >= 0.3 is 6.18 Å². The highest BCUT2D eigenvalue weighted by molar-refractivity contribution is 5.95. The smallest absolute Gasteiger partial charge is 0.416 e. The van der Waals surface area contributed by atoms with Crippen molar-refractivity contribution < 1.29 is 22.7 Å². The minimum Gasteiger partial charge on any atom is -0.491 e. The Morgan fingerprint density at radius 2 is 2.14 bits per heavy atom. The lowest BCUT2D eigenvalue weighted by molar-refractivity contribution is -0.137. The number of carbonyl (C=O) groups is 1. The van der Waals surface area contributed by atoms with Gasteiger partial charge in [0.2, 0.25) is 5.91 Å². The fraction of sp³-hybridized carbons (Fsp3) is 0.474. The summed E-state index contributed by atoms with van der Waals surface area (Å²) in [5, 5.41) is 9.96. The van der Waals surface area contributed by atoms with Gasteiger partial charge in [-0.15, -0.1) is 12.4 Å². The van der Waals surface area contributed by atoms with Gasteiger partial charge in [-0.1, -0.05) is 6.92 Å². The predicted molar refractivity (Wildman–Crippen MR) is 105 cm³/mol. The Kier molecular flexibility index (Phi) is 7.54. The number of hydrogen-bond acceptors (Lipinski definition) is 4. The molecule has 0 saturated carbocycles. The lowest BCUT2D eigenvalue weighted by Gasteiger charge is -2.19. The summed E-state index contributed by atoms with van der Waals surface area (Å²) < 4.78 is 46.5. The topological polar surface area (TPSA) is 68.2 Å². The number of ether oxygens (including phenoxy) is 1. The summed E-state index contributed by atoms with van der Waals surface area (Å²) in [7, 11) is 1.79. The molecule has 10 heteroatoms. The number of nitrogens with zero attached hydrogens (tertiary/aromatic N) is 2. The van der Waals surface area contributed by atoms with Crippen molar-refractivity contribution in [3.63, 3.8) is 0 Å². The molecule has 0 bridgehead atoms. The van der Waals surface area contributed by atoms with Gasteiger partial charge in [-0.05, 0) is 30.2 Å². The van der Waals surface area contributed by atoms with Crippen LogP contribution in [0.5, 0.6) is 5.75 Å². The summed E-state index contributed by atoms with van der Waals surface area (Å²) in [4.78, 5) is 12.9. The molecule has 1 saturated heterocycles. The van der Waals surface area contributed by atoms with Crippen LogP contribution >= 0.6 is 12.4 Å². The normalized spacial score (nSPS) is 18.9. The van der Waals surface area contributed by atoms with E-state index < -0.39 is 17.7 Å². The van der Waals surface area contributed by atoms with Gasteiger partial charge in [-0.3, -0.25) is 9.48 Å². The number of hydrogen-bond donors (Lipinski definition) is 2. The highest BCUT2D eigenvalue weighted by Gasteiger charge is 2.36. The quantitative estimate of drug-likeness (QED) is 0.732. The van der Waals surface area contributed by atoms with Crippen LogP contribution in [0.1, 0.15) is 30.4 Å². The molecule has 0 unspecified atom stereocenters. The van der Waals surface area contributed by atoms with Gasteiger partial charge in [0.05, 0.1) is 30.0 Å². The molecule has 0 aliphatic carbocycles. The van der Waals surface area contributed by atoms with Crippen molar-refractivity contribution >= 4 is 24.0 Å². The van der Waals surface area contributed by atoms with Crippen LogP contribution in [0.2, 0.25) is 0 Å². The zero-order valence-electron chi connectivity index (χ0n) is 16.1. The number of rotatable bonds is 6. The Bertz CT molecular complexity index is 841. The highest BCUT2D eigenvalue weighted by Crippen LogP contribution is 2.36. The number of anilines is 1. The summed E-state index contributed by atoms with van der Waals surface area (Å²) >= 11 is 0. The van der Waals surface area contributed by atoms with Crippen LogP contribution in [0.15, 0.2) is 30.6 Å². The van der Waals surface area contributed by atoms with Gasteiger partial charge in [0.25, 0.3) is 0 Å². The predicted octanol–water partition coefficient (Wildman–Crippen LogP) is 3.59. The number of aryl methyl sites for hydroxylation is 1. The van der Waals surface area contributed by atoms with Gasteiger partial charge in [-0.2, -0.15) is 18.3 Å². The van der Waals surface area contributed by atoms with Crippen molar-refractivity contribution in [1.29, 1.82) is 0 Å². The fourth-order valence-electron chi connectivity index (χ4n) is 3.30. The fourth-order valence-corrected chi connectivity index (χ4v) is 3.30. The monoisotopic (exact) mass is 432 g/mol. The van der Waals surface area contributed by atoms with E-state index in [0.717, 1.165) is 17.7 Å². The van der Waals surface area contributed by atoms with E-state index in [1.54, 1.807) is 17.9 Å². The van der Waals surface area contributed by atoms with E-state index in [1.165, 1.54) is 6.07 Å². The molecule has 1 aromatic heterocycles. The van der Waals surface area contributed by atoms with Crippen molar-refractivity contribution in [2.45, 2.75) is 25.4 Å². The molecule has 2 N–H and O–H groups in total. The molecule has 3 rings (SSSR count). The van der Waals surface area contributed by atoms with E-state index >= 15 is 0 Å². The van der Waals surface area contributed by atoms with E-state index in [2.05, 4.69) is 15.7 Å². The summed E-state index contributed by atoms with van der Waals surface area (Å²) in [5.74, 6) is -0.635. The van der Waals surface area contributed by atoms with Crippen LogP contribution in [0.25, 0.3) is 0 Å². The Balaban J connectivity index is 0.00000300. The minimum atomic E-state index is -4.50. The van der Waals surface area contributed by atoms with Gasteiger partial charge in [0.15, 0.2) is 0 Å². The number of aromatic nitrogens is 2. The van der Waals surface area contributed by atoms with E-state index in [4.69, 9.17) is 4.74 Å². The van der Waals surface area contributed by atoms with Gasteiger partial charge in [0.1, 0.15) is 5.75 Å². The number of carbonyl (C=O) groups excluding carboxylic acids is 1. The summed E-state index contributed by atoms with van der Waals surface area (Å²) in [6, 6.07) is 3.13. The van der Waals surface area contributed by atoms with Crippen LogP contribution < -0.4 is 15.4 Å². The van der Waals surface area contributed by atoms with Gasteiger partial charge < -0.3 is 15.4 Å².